The summed E-state index contributed by atoms with van der Waals surface area (Å²) in [6, 6.07) is 0.0249. The summed E-state index contributed by atoms with van der Waals surface area (Å²) in [6.07, 6.45) is 0. The predicted octanol–water partition coefficient (Wildman–Crippen LogP) is 2.30. The number of ether oxygens (including phenoxy) is 1. The molecule has 1 aromatic rings. The van der Waals surface area contributed by atoms with Gasteiger partial charge in [0.15, 0.2) is 0 Å². The van der Waals surface area contributed by atoms with E-state index in [0.717, 1.165) is 11.3 Å². The van der Waals surface area contributed by atoms with Gasteiger partial charge in [-0.2, -0.15) is 0 Å². The Balaban J connectivity index is 3.22. The molecule has 54 valence electrons. The van der Waals surface area contributed by atoms with Crippen molar-refractivity contribution in [2.24, 2.45) is 0 Å². The lowest BCUT2D eigenvalue weighted by Gasteiger charge is -1.90. The van der Waals surface area contributed by atoms with Gasteiger partial charge in [-0.1, -0.05) is 0 Å². The van der Waals surface area contributed by atoms with Gasteiger partial charge in [0, 0.05) is 5.36 Å². The zero-order valence-electron chi connectivity index (χ0n) is 7.10. The minimum absolute atomic E-state index is 0.0226. The van der Waals surface area contributed by atoms with E-state index >= 15 is 0 Å². The van der Waals surface area contributed by atoms with Crippen molar-refractivity contribution in [1.29, 1.82) is 0 Å². The largest absolute Gasteiger partial charge is 0.465 e. The molecule has 1 heterocycles. The molecule has 0 atom stereocenters. The molecule has 0 radical (unpaired) electrons. The number of carbonyl (C=O) groups excluding carboxylic acids is 1. The molecule has 0 saturated carbocycles. The zero-order valence-corrected chi connectivity index (χ0v) is 7.51. The van der Waals surface area contributed by atoms with Crippen molar-refractivity contribution in [3.8, 4) is 0 Å². The average Bonchev–Trinajstić information content (AvgIpc) is 2.26. The maximum absolute atomic E-state index is 11.0. The lowest BCUT2D eigenvalue weighted by Crippen LogP contribution is -1.97. The zero-order chi connectivity index (χ0) is 9.30. The van der Waals surface area contributed by atoms with E-state index in [1.165, 1.54) is 7.11 Å². The lowest BCUT2D eigenvalue weighted by molar-refractivity contribution is 0.0601. The molecule has 0 saturated heterocycles. The van der Waals surface area contributed by atoms with Crippen molar-refractivity contribution in [1.82, 2.24) is 0 Å². The highest BCUT2D eigenvalue weighted by molar-refractivity contribution is 9.11. The van der Waals surface area contributed by atoms with E-state index < -0.39 is 5.97 Å². The molecule has 10 heavy (non-hydrogen) atoms. The van der Waals surface area contributed by atoms with Crippen LogP contribution in [-0.4, -0.2) is 13.1 Å². The van der Waals surface area contributed by atoms with E-state index in [0.29, 0.717) is 3.79 Å². The SMILES string of the molecule is [2H]c1sc(Br)c([2H])c1C(=O)OC. The Kier molecular flexibility index (Phi) is 1.68. The molecule has 0 N–H and O–H groups in total. The first-order chi connectivity index (χ1) is 5.57. The van der Waals surface area contributed by atoms with Crippen molar-refractivity contribution >= 4 is 33.2 Å². The first-order valence-electron chi connectivity index (χ1n) is 3.41. The summed E-state index contributed by atoms with van der Waals surface area (Å²) in [5.41, 5.74) is 0.0226. The number of rotatable bonds is 1. The second-order valence-corrected chi connectivity index (χ2v) is 3.60. The van der Waals surface area contributed by atoms with Gasteiger partial charge >= 0.3 is 5.97 Å². The third kappa shape index (κ3) is 1.58. The lowest BCUT2D eigenvalue weighted by atomic mass is 10.4. The quantitative estimate of drug-likeness (QED) is 0.683. The molecule has 0 bridgehead atoms. The summed E-state index contributed by atoms with van der Waals surface area (Å²) >= 11 is 4.10. The molecule has 0 aliphatic carbocycles. The second-order valence-electron chi connectivity index (χ2n) is 1.47. The smallest absolute Gasteiger partial charge is 0.338 e. The number of thiophene rings is 1. The molecule has 0 unspecified atom stereocenters. The third-order valence-electron chi connectivity index (χ3n) is 0.855. The normalized spacial score (nSPS) is 12.2. The van der Waals surface area contributed by atoms with Crippen LogP contribution in [0.15, 0.2) is 15.2 Å². The number of methoxy groups -OCH3 is 1. The van der Waals surface area contributed by atoms with Crippen LogP contribution in [0.2, 0.25) is 0 Å². The number of hydrogen-bond donors (Lipinski definition) is 0. The number of hydrogen-bond acceptors (Lipinski definition) is 3. The second kappa shape index (κ2) is 3.16. The van der Waals surface area contributed by atoms with Gasteiger partial charge in [-0.05, 0) is 22.0 Å². The molecule has 0 fully saturated rings. The Bertz CT molecular complexity index is 324. The van der Waals surface area contributed by atoms with E-state index in [4.69, 9.17) is 2.74 Å². The van der Waals surface area contributed by atoms with Crippen molar-refractivity contribution in [2.45, 2.75) is 0 Å². The molecule has 1 aromatic heterocycles. The van der Waals surface area contributed by atoms with E-state index in [1.54, 1.807) is 0 Å². The summed E-state index contributed by atoms with van der Waals surface area (Å²) in [6.45, 7) is 0. The summed E-state index contributed by atoms with van der Waals surface area (Å²) in [5.74, 6) is -0.632. The molecule has 0 aromatic carbocycles. The Morgan fingerprint density at radius 3 is 3.10 bits per heavy atom. The van der Waals surface area contributed by atoms with Crippen molar-refractivity contribution in [3.63, 3.8) is 0 Å². The van der Waals surface area contributed by atoms with Gasteiger partial charge in [-0.25, -0.2) is 4.79 Å². The maximum atomic E-state index is 11.0. The van der Waals surface area contributed by atoms with Crippen molar-refractivity contribution in [2.75, 3.05) is 7.11 Å². The molecule has 2 nitrogen and oxygen atoms in total. The number of carbonyl (C=O) groups is 1. The molecular weight excluding hydrogens is 216 g/mol. The fourth-order valence-electron chi connectivity index (χ4n) is 0.440. The molecule has 0 amide bonds. The number of halogens is 1. The summed E-state index contributed by atoms with van der Waals surface area (Å²) in [7, 11) is 1.23. The van der Waals surface area contributed by atoms with E-state index in [-0.39, 0.29) is 17.0 Å². The molecule has 0 aliphatic rings. The van der Waals surface area contributed by atoms with Crippen LogP contribution in [0.5, 0.6) is 0 Å². The van der Waals surface area contributed by atoms with Crippen LogP contribution >= 0.6 is 27.3 Å². The van der Waals surface area contributed by atoms with Gasteiger partial charge < -0.3 is 4.74 Å². The van der Waals surface area contributed by atoms with Gasteiger partial charge in [0.2, 0.25) is 0 Å². The van der Waals surface area contributed by atoms with Gasteiger partial charge in [0.25, 0.3) is 0 Å². The Morgan fingerprint density at radius 2 is 2.70 bits per heavy atom. The fraction of sp³-hybridized carbons (Fsp3) is 0.167. The summed E-state index contributed by atoms with van der Waals surface area (Å²) in [4.78, 5) is 11.0. The fourth-order valence-corrected chi connectivity index (χ4v) is 1.36. The molecule has 4 heteroatoms. The van der Waals surface area contributed by atoms with Gasteiger partial charge in [-0.15, -0.1) is 11.3 Å². The molecule has 0 spiro atoms. The van der Waals surface area contributed by atoms with Crippen LogP contribution < -0.4 is 0 Å². The van der Waals surface area contributed by atoms with Crippen LogP contribution in [0.3, 0.4) is 0 Å². The highest BCUT2D eigenvalue weighted by atomic mass is 79.9. The Labute approximate surface area is 73.8 Å². The predicted molar refractivity (Wildman–Crippen MR) is 43.4 cm³/mol. The van der Waals surface area contributed by atoms with Crippen LogP contribution in [0.25, 0.3) is 0 Å². The maximum Gasteiger partial charge on any atom is 0.338 e. The van der Waals surface area contributed by atoms with Crippen molar-refractivity contribution < 1.29 is 12.3 Å². The summed E-state index contributed by atoms with van der Waals surface area (Å²) in [5, 5.41) is 0.0544. The van der Waals surface area contributed by atoms with Crippen LogP contribution in [0.1, 0.15) is 13.1 Å². The average molecular weight is 223 g/mol. The van der Waals surface area contributed by atoms with Crippen LogP contribution in [0.4, 0.5) is 0 Å². The molecule has 0 aliphatic heterocycles. The summed E-state index contributed by atoms with van der Waals surface area (Å²) < 4.78 is 19.6. The minimum Gasteiger partial charge on any atom is -0.465 e. The molecular formula is C6H5BrO2S. The highest BCUT2D eigenvalue weighted by Crippen LogP contribution is 2.20. The van der Waals surface area contributed by atoms with Crippen LogP contribution in [-0.2, 0) is 4.74 Å². The standard InChI is InChI=1S/C6H5BrO2S/c1-9-6(8)4-2-5(7)10-3-4/h2-3H,1H3/i2D,3D. The first-order valence-corrected chi connectivity index (χ1v) is 4.02. The third-order valence-corrected chi connectivity index (χ3v) is 2.13. The van der Waals surface area contributed by atoms with E-state index in [2.05, 4.69) is 20.7 Å². The van der Waals surface area contributed by atoms with Gasteiger partial charge in [-0.3, -0.25) is 0 Å². The first kappa shape index (κ1) is 5.32. The van der Waals surface area contributed by atoms with E-state index in [1.807, 2.05) is 0 Å². The minimum atomic E-state index is -0.632. The van der Waals surface area contributed by atoms with E-state index in [9.17, 15) is 4.79 Å². The Morgan fingerprint density at radius 1 is 2.00 bits per heavy atom. The highest BCUT2D eigenvalue weighted by Gasteiger charge is 2.05. The van der Waals surface area contributed by atoms with Crippen molar-refractivity contribution in [3.05, 3.63) is 20.7 Å². The van der Waals surface area contributed by atoms with Gasteiger partial charge in [0.1, 0.15) is 0 Å². The molecule has 1 rings (SSSR count). The van der Waals surface area contributed by atoms with Gasteiger partial charge in [0.05, 0.1) is 19.2 Å². The topological polar surface area (TPSA) is 26.3 Å². The number of esters is 1. The Hall–Kier alpha value is -0.350. The van der Waals surface area contributed by atoms with Crippen LogP contribution in [0, 0.1) is 0 Å². The monoisotopic (exact) mass is 222 g/mol.